The molecule has 86 valence electrons. The lowest BCUT2D eigenvalue weighted by Crippen LogP contribution is -2.28. The summed E-state index contributed by atoms with van der Waals surface area (Å²) in [6.07, 6.45) is 1.25. The maximum absolute atomic E-state index is 11.1. The van der Waals surface area contributed by atoms with Gasteiger partial charge in [-0.15, -0.1) is 0 Å². The van der Waals surface area contributed by atoms with E-state index in [0.717, 1.165) is 12.0 Å². The SMILES string of the molecule is Cc1ccc(C2OCCCC2C(=O)O)cc1. The molecule has 2 unspecified atom stereocenters. The van der Waals surface area contributed by atoms with Gasteiger partial charge in [0.05, 0.1) is 12.0 Å². The van der Waals surface area contributed by atoms with Gasteiger partial charge in [0.15, 0.2) is 0 Å². The summed E-state index contributed by atoms with van der Waals surface area (Å²) < 4.78 is 5.60. The Kier molecular flexibility index (Phi) is 3.25. The highest BCUT2D eigenvalue weighted by Crippen LogP contribution is 2.33. The van der Waals surface area contributed by atoms with E-state index in [0.29, 0.717) is 13.0 Å². The predicted molar refractivity (Wildman–Crippen MR) is 60.2 cm³/mol. The number of ether oxygens (including phenoxy) is 1. The van der Waals surface area contributed by atoms with Crippen LogP contribution in [0.5, 0.6) is 0 Å². The summed E-state index contributed by atoms with van der Waals surface area (Å²) in [5.41, 5.74) is 2.14. The third kappa shape index (κ3) is 2.25. The second-order valence-corrected chi connectivity index (χ2v) is 4.29. The quantitative estimate of drug-likeness (QED) is 0.833. The second kappa shape index (κ2) is 4.66. The molecule has 0 spiro atoms. The van der Waals surface area contributed by atoms with Gasteiger partial charge < -0.3 is 9.84 Å². The van der Waals surface area contributed by atoms with Crippen LogP contribution in [0.3, 0.4) is 0 Å². The number of aryl methyl sites for hydroxylation is 1. The lowest BCUT2D eigenvalue weighted by molar-refractivity contribution is -0.151. The molecule has 1 aromatic rings. The Bertz CT molecular complexity index is 369. The van der Waals surface area contributed by atoms with Crippen LogP contribution in [-0.2, 0) is 9.53 Å². The van der Waals surface area contributed by atoms with Crippen molar-refractivity contribution in [3.05, 3.63) is 35.4 Å². The number of hydrogen-bond donors (Lipinski definition) is 1. The molecule has 0 radical (unpaired) electrons. The zero-order valence-electron chi connectivity index (χ0n) is 9.35. The minimum absolute atomic E-state index is 0.285. The van der Waals surface area contributed by atoms with Crippen molar-refractivity contribution in [2.75, 3.05) is 6.61 Å². The molecule has 1 heterocycles. The van der Waals surface area contributed by atoms with E-state index in [-0.39, 0.29) is 6.10 Å². The summed E-state index contributed by atoms with van der Waals surface area (Å²) >= 11 is 0. The van der Waals surface area contributed by atoms with Crippen molar-refractivity contribution in [1.82, 2.24) is 0 Å². The van der Waals surface area contributed by atoms with Crippen LogP contribution in [0.15, 0.2) is 24.3 Å². The fraction of sp³-hybridized carbons (Fsp3) is 0.462. The van der Waals surface area contributed by atoms with Crippen molar-refractivity contribution < 1.29 is 14.6 Å². The molecule has 0 amide bonds. The van der Waals surface area contributed by atoms with Gasteiger partial charge in [-0.3, -0.25) is 4.79 Å². The van der Waals surface area contributed by atoms with Crippen LogP contribution in [0.4, 0.5) is 0 Å². The largest absolute Gasteiger partial charge is 0.481 e. The number of carboxylic acid groups (broad SMARTS) is 1. The van der Waals surface area contributed by atoms with Crippen LogP contribution in [0, 0.1) is 12.8 Å². The van der Waals surface area contributed by atoms with Crippen molar-refractivity contribution in [1.29, 1.82) is 0 Å². The van der Waals surface area contributed by atoms with Crippen LogP contribution >= 0.6 is 0 Å². The number of hydrogen-bond acceptors (Lipinski definition) is 2. The highest BCUT2D eigenvalue weighted by Gasteiger charge is 2.32. The van der Waals surface area contributed by atoms with Gasteiger partial charge in [-0.05, 0) is 25.3 Å². The molecule has 0 saturated carbocycles. The first kappa shape index (κ1) is 11.1. The average Bonchev–Trinajstić information content (AvgIpc) is 2.30. The molecule has 1 aliphatic heterocycles. The van der Waals surface area contributed by atoms with Gasteiger partial charge in [-0.25, -0.2) is 0 Å². The van der Waals surface area contributed by atoms with Crippen molar-refractivity contribution >= 4 is 5.97 Å². The Labute approximate surface area is 95.0 Å². The van der Waals surface area contributed by atoms with Gasteiger partial charge in [-0.2, -0.15) is 0 Å². The Balaban J connectivity index is 2.23. The van der Waals surface area contributed by atoms with Crippen molar-refractivity contribution in [3.63, 3.8) is 0 Å². The number of carbonyl (C=O) groups is 1. The smallest absolute Gasteiger partial charge is 0.309 e. The molecule has 2 rings (SSSR count). The summed E-state index contributed by atoms with van der Waals surface area (Å²) in [7, 11) is 0. The molecule has 3 nitrogen and oxygen atoms in total. The third-order valence-electron chi connectivity index (χ3n) is 3.05. The van der Waals surface area contributed by atoms with Crippen LogP contribution in [0.25, 0.3) is 0 Å². The van der Waals surface area contributed by atoms with Gasteiger partial charge in [0.2, 0.25) is 0 Å². The summed E-state index contributed by atoms with van der Waals surface area (Å²) in [6, 6.07) is 7.90. The van der Waals surface area contributed by atoms with E-state index in [2.05, 4.69) is 0 Å². The minimum Gasteiger partial charge on any atom is -0.481 e. The highest BCUT2D eigenvalue weighted by molar-refractivity contribution is 5.71. The maximum Gasteiger partial charge on any atom is 0.309 e. The number of rotatable bonds is 2. The molecular formula is C13H16O3. The van der Waals surface area contributed by atoms with Crippen molar-refractivity contribution in [2.24, 2.45) is 5.92 Å². The molecule has 1 N–H and O–H groups in total. The molecule has 2 atom stereocenters. The number of carboxylic acids is 1. The fourth-order valence-corrected chi connectivity index (χ4v) is 2.12. The fourth-order valence-electron chi connectivity index (χ4n) is 2.12. The van der Waals surface area contributed by atoms with E-state index in [1.807, 2.05) is 31.2 Å². The Morgan fingerprint density at radius 3 is 2.69 bits per heavy atom. The molecule has 1 saturated heterocycles. The standard InChI is InChI=1S/C13H16O3/c1-9-4-6-10(7-5-9)12-11(13(14)15)3-2-8-16-12/h4-7,11-12H,2-3,8H2,1H3,(H,14,15). The molecule has 1 aromatic carbocycles. The number of aliphatic carboxylic acids is 1. The highest BCUT2D eigenvalue weighted by atomic mass is 16.5. The third-order valence-corrected chi connectivity index (χ3v) is 3.05. The minimum atomic E-state index is -0.759. The van der Waals surface area contributed by atoms with E-state index in [4.69, 9.17) is 9.84 Å². The van der Waals surface area contributed by atoms with E-state index in [9.17, 15) is 4.79 Å². The second-order valence-electron chi connectivity index (χ2n) is 4.29. The van der Waals surface area contributed by atoms with Crippen molar-refractivity contribution in [2.45, 2.75) is 25.9 Å². The van der Waals surface area contributed by atoms with E-state index in [1.54, 1.807) is 0 Å². The van der Waals surface area contributed by atoms with Gasteiger partial charge in [0, 0.05) is 6.61 Å². The van der Waals surface area contributed by atoms with E-state index >= 15 is 0 Å². The first-order valence-corrected chi connectivity index (χ1v) is 5.59. The van der Waals surface area contributed by atoms with E-state index < -0.39 is 11.9 Å². The van der Waals surface area contributed by atoms with Crippen LogP contribution in [0.1, 0.15) is 30.1 Å². The molecule has 1 aliphatic rings. The van der Waals surface area contributed by atoms with Crippen molar-refractivity contribution in [3.8, 4) is 0 Å². The average molecular weight is 220 g/mol. The Morgan fingerprint density at radius 1 is 1.38 bits per heavy atom. The van der Waals surface area contributed by atoms with Gasteiger partial charge in [-0.1, -0.05) is 29.8 Å². The Morgan fingerprint density at radius 2 is 2.06 bits per heavy atom. The van der Waals surface area contributed by atoms with Gasteiger partial charge >= 0.3 is 5.97 Å². The van der Waals surface area contributed by atoms with Gasteiger partial charge in [0.1, 0.15) is 0 Å². The molecule has 0 bridgehead atoms. The summed E-state index contributed by atoms with van der Waals surface area (Å²) in [6.45, 7) is 2.67. The molecule has 0 aromatic heterocycles. The first-order valence-electron chi connectivity index (χ1n) is 5.59. The van der Waals surface area contributed by atoms with Crippen LogP contribution < -0.4 is 0 Å². The lowest BCUT2D eigenvalue weighted by atomic mass is 9.89. The van der Waals surface area contributed by atoms with Gasteiger partial charge in [0.25, 0.3) is 0 Å². The summed E-state index contributed by atoms with van der Waals surface area (Å²) in [5, 5.41) is 9.14. The first-order chi connectivity index (χ1) is 7.68. The van der Waals surface area contributed by atoms with E-state index in [1.165, 1.54) is 5.56 Å². The predicted octanol–water partition coefficient (Wildman–Crippen LogP) is 2.55. The summed E-state index contributed by atoms with van der Waals surface area (Å²) in [4.78, 5) is 11.1. The zero-order chi connectivity index (χ0) is 11.5. The molecule has 3 heteroatoms. The molecule has 16 heavy (non-hydrogen) atoms. The lowest BCUT2D eigenvalue weighted by Gasteiger charge is -2.29. The monoisotopic (exact) mass is 220 g/mol. The topological polar surface area (TPSA) is 46.5 Å². The van der Waals surface area contributed by atoms with Crippen LogP contribution in [0.2, 0.25) is 0 Å². The molecule has 0 aliphatic carbocycles. The molecule has 1 fully saturated rings. The number of benzene rings is 1. The Hall–Kier alpha value is -1.35. The summed E-state index contributed by atoms with van der Waals surface area (Å²) in [5.74, 6) is -1.17. The normalized spacial score (nSPS) is 25.3. The van der Waals surface area contributed by atoms with Crippen LogP contribution in [-0.4, -0.2) is 17.7 Å². The molecular weight excluding hydrogens is 204 g/mol. The maximum atomic E-state index is 11.1. The zero-order valence-corrected chi connectivity index (χ0v) is 9.35.